The van der Waals surface area contributed by atoms with Crippen LogP contribution in [-0.2, 0) is 0 Å². The maximum Gasteiger partial charge on any atom is 0.125 e. The molecule has 2 rings (SSSR count). The summed E-state index contributed by atoms with van der Waals surface area (Å²) >= 11 is 0. The third-order valence-corrected chi connectivity index (χ3v) is 2.61. The fraction of sp³-hybridized carbons (Fsp3) is 0.455. The summed E-state index contributed by atoms with van der Waals surface area (Å²) in [7, 11) is 2.13. The Morgan fingerprint density at radius 3 is 2.57 bits per heavy atom. The molecule has 1 aliphatic heterocycles. The van der Waals surface area contributed by atoms with Gasteiger partial charge < -0.3 is 14.9 Å². The molecule has 0 bridgehead atoms. The van der Waals surface area contributed by atoms with E-state index in [4.69, 9.17) is 0 Å². The van der Waals surface area contributed by atoms with Crippen molar-refractivity contribution in [2.45, 2.75) is 0 Å². The Labute approximate surface area is 84.6 Å². The van der Waals surface area contributed by atoms with Gasteiger partial charge in [0.1, 0.15) is 5.75 Å². The minimum atomic E-state index is 0.224. The lowest BCUT2D eigenvalue weighted by molar-refractivity contribution is 0.312. The summed E-state index contributed by atoms with van der Waals surface area (Å²) < 4.78 is 0. The second kappa shape index (κ2) is 3.88. The molecule has 1 fully saturated rings. The summed E-state index contributed by atoms with van der Waals surface area (Å²) in [4.78, 5) is 4.55. The van der Waals surface area contributed by atoms with E-state index in [0.29, 0.717) is 0 Å². The van der Waals surface area contributed by atoms with Crippen molar-refractivity contribution >= 4 is 5.69 Å². The van der Waals surface area contributed by atoms with Crippen LogP contribution in [0.2, 0.25) is 0 Å². The van der Waals surface area contributed by atoms with Crippen LogP contribution >= 0.6 is 0 Å². The molecule has 1 N–H and O–H groups in total. The first-order valence-electron chi connectivity index (χ1n) is 4.90. The largest absolute Gasteiger partial charge is 0.507 e. The van der Waals surface area contributed by atoms with Gasteiger partial charge in [0.05, 0.1) is 6.07 Å². The van der Waals surface area contributed by atoms with Crippen molar-refractivity contribution in [3.63, 3.8) is 0 Å². The van der Waals surface area contributed by atoms with Gasteiger partial charge in [-0.2, -0.15) is 0 Å². The van der Waals surface area contributed by atoms with Gasteiger partial charge in [0.15, 0.2) is 0 Å². The molecule has 3 heteroatoms. The number of rotatable bonds is 1. The van der Waals surface area contributed by atoms with E-state index in [1.165, 1.54) is 0 Å². The standard InChI is InChI=1S/C11H15N2O/c1-12-5-7-13(8-6-12)10-3-2-4-11(14)9-10/h2-4,14H,5-8H2,1H3. The van der Waals surface area contributed by atoms with Gasteiger partial charge in [0, 0.05) is 31.9 Å². The average molecular weight is 191 g/mol. The Kier molecular flexibility index (Phi) is 2.59. The Balaban J connectivity index is 2.08. The minimum Gasteiger partial charge on any atom is -0.507 e. The van der Waals surface area contributed by atoms with E-state index in [0.717, 1.165) is 31.9 Å². The summed E-state index contributed by atoms with van der Waals surface area (Å²) in [5, 5.41) is 9.30. The van der Waals surface area contributed by atoms with E-state index in [2.05, 4.69) is 22.9 Å². The molecule has 1 aromatic carbocycles. The van der Waals surface area contributed by atoms with Crippen molar-refractivity contribution in [2.24, 2.45) is 0 Å². The molecule has 14 heavy (non-hydrogen) atoms. The van der Waals surface area contributed by atoms with Crippen LogP contribution in [-0.4, -0.2) is 43.2 Å². The van der Waals surface area contributed by atoms with Crippen LogP contribution < -0.4 is 4.90 Å². The van der Waals surface area contributed by atoms with Gasteiger partial charge in [-0.25, -0.2) is 0 Å². The third-order valence-electron chi connectivity index (χ3n) is 2.61. The van der Waals surface area contributed by atoms with Crippen molar-refractivity contribution in [1.82, 2.24) is 4.90 Å². The first-order valence-corrected chi connectivity index (χ1v) is 4.90. The van der Waals surface area contributed by atoms with Crippen molar-refractivity contribution in [3.05, 3.63) is 24.3 Å². The smallest absolute Gasteiger partial charge is 0.125 e. The predicted octanol–water partition coefficient (Wildman–Crippen LogP) is 0.944. The average Bonchev–Trinajstić information content (AvgIpc) is 2.19. The minimum absolute atomic E-state index is 0.224. The quantitative estimate of drug-likeness (QED) is 0.715. The zero-order chi connectivity index (χ0) is 9.97. The highest BCUT2D eigenvalue weighted by atomic mass is 16.3. The first-order chi connectivity index (χ1) is 6.75. The number of hydrogen-bond donors (Lipinski definition) is 1. The lowest BCUT2D eigenvalue weighted by atomic mass is 10.2. The first kappa shape index (κ1) is 9.34. The van der Waals surface area contributed by atoms with E-state index in [1.807, 2.05) is 12.1 Å². The Hall–Kier alpha value is -1.22. The van der Waals surface area contributed by atoms with Crippen molar-refractivity contribution in [3.8, 4) is 5.75 Å². The molecule has 1 heterocycles. The van der Waals surface area contributed by atoms with Crippen molar-refractivity contribution in [2.75, 3.05) is 38.1 Å². The number of anilines is 1. The van der Waals surface area contributed by atoms with Crippen LogP contribution in [0.5, 0.6) is 5.75 Å². The van der Waals surface area contributed by atoms with E-state index in [9.17, 15) is 5.11 Å². The maximum atomic E-state index is 9.30. The van der Waals surface area contributed by atoms with Gasteiger partial charge in [-0.05, 0) is 19.2 Å². The van der Waals surface area contributed by atoms with Crippen LogP contribution in [0, 0.1) is 6.07 Å². The molecule has 1 aromatic rings. The van der Waals surface area contributed by atoms with Gasteiger partial charge in [-0.1, -0.05) is 6.07 Å². The Bertz CT molecular complexity index is 306. The molecule has 0 atom stereocenters. The number of likely N-dealkylation sites (N-methyl/N-ethyl adjacent to an activating group) is 1. The van der Waals surface area contributed by atoms with Gasteiger partial charge in [-0.15, -0.1) is 0 Å². The number of nitrogens with zero attached hydrogens (tertiary/aromatic N) is 2. The number of benzene rings is 1. The Morgan fingerprint density at radius 2 is 1.93 bits per heavy atom. The zero-order valence-corrected chi connectivity index (χ0v) is 8.40. The van der Waals surface area contributed by atoms with Gasteiger partial charge in [0.25, 0.3) is 0 Å². The molecule has 1 aliphatic rings. The van der Waals surface area contributed by atoms with Crippen molar-refractivity contribution < 1.29 is 5.11 Å². The molecule has 1 saturated heterocycles. The predicted molar refractivity (Wildman–Crippen MR) is 56.7 cm³/mol. The summed E-state index contributed by atoms with van der Waals surface area (Å²) in [6, 6.07) is 8.46. The molecular weight excluding hydrogens is 176 g/mol. The highest BCUT2D eigenvalue weighted by Crippen LogP contribution is 2.19. The van der Waals surface area contributed by atoms with Crippen LogP contribution in [0.25, 0.3) is 0 Å². The van der Waals surface area contributed by atoms with E-state index < -0.39 is 0 Å². The second-order valence-corrected chi connectivity index (χ2v) is 3.71. The summed E-state index contributed by atoms with van der Waals surface area (Å²) in [5.41, 5.74) is 0.998. The topological polar surface area (TPSA) is 26.7 Å². The van der Waals surface area contributed by atoms with Crippen LogP contribution in [0.15, 0.2) is 18.2 Å². The number of hydrogen-bond acceptors (Lipinski definition) is 3. The van der Waals surface area contributed by atoms with Gasteiger partial charge in [0.2, 0.25) is 0 Å². The molecule has 0 spiro atoms. The maximum absolute atomic E-state index is 9.30. The van der Waals surface area contributed by atoms with Crippen LogP contribution in [0.3, 0.4) is 0 Å². The van der Waals surface area contributed by atoms with Crippen molar-refractivity contribution in [1.29, 1.82) is 0 Å². The third kappa shape index (κ3) is 1.99. The SMILES string of the molecule is CN1CCN(c2[c]c(O)ccc2)CC1. The van der Waals surface area contributed by atoms with E-state index in [1.54, 1.807) is 6.07 Å². The summed E-state index contributed by atoms with van der Waals surface area (Å²) in [6.07, 6.45) is 0. The number of phenolic OH excluding ortho intramolecular Hbond substituents is 1. The molecule has 75 valence electrons. The number of phenols is 1. The normalized spacial score (nSPS) is 18.5. The molecule has 0 saturated carbocycles. The fourth-order valence-corrected chi connectivity index (χ4v) is 1.68. The fourth-order valence-electron chi connectivity index (χ4n) is 1.68. The molecule has 0 aromatic heterocycles. The lowest BCUT2D eigenvalue weighted by Crippen LogP contribution is -2.44. The second-order valence-electron chi connectivity index (χ2n) is 3.71. The molecule has 0 unspecified atom stereocenters. The molecule has 0 aliphatic carbocycles. The molecule has 0 amide bonds. The summed E-state index contributed by atoms with van der Waals surface area (Å²) in [6.45, 7) is 4.17. The van der Waals surface area contributed by atoms with Crippen LogP contribution in [0.1, 0.15) is 0 Å². The Morgan fingerprint density at radius 1 is 1.21 bits per heavy atom. The van der Waals surface area contributed by atoms with Crippen LogP contribution in [0.4, 0.5) is 5.69 Å². The molecule has 3 nitrogen and oxygen atoms in total. The number of piperazine rings is 1. The van der Waals surface area contributed by atoms with Gasteiger partial charge >= 0.3 is 0 Å². The molecular formula is C11H15N2O. The van der Waals surface area contributed by atoms with E-state index >= 15 is 0 Å². The highest BCUT2D eigenvalue weighted by Gasteiger charge is 2.14. The van der Waals surface area contributed by atoms with Gasteiger partial charge in [-0.3, -0.25) is 0 Å². The monoisotopic (exact) mass is 191 g/mol. The lowest BCUT2D eigenvalue weighted by Gasteiger charge is -2.33. The highest BCUT2D eigenvalue weighted by molar-refractivity contribution is 5.49. The van der Waals surface area contributed by atoms with E-state index in [-0.39, 0.29) is 5.75 Å². The zero-order valence-electron chi connectivity index (χ0n) is 8.40. The molecule has 1 radical (unpaired) electrons. The number of aromatic hydroxyl groups is 1. The summed E-state index contributed by atoms with van der Waals surface area (Å²) in [5.74, 6) is 0.224.